The Hall–Kier alpha value is -0.820. The van der Waals surface area contributed by atoms with Gasteiger partial charge in [0.1, 0.15) is 0 Å². The lowest BCUT2D eigenvalue weighted by Gasteiger charge is -2.47. The molecule has 2 N–H and O–H groups in total. The van der Waals surface area contributed by atoms with E-state index >= 15 is 0 Å². The Morgan fingerprint density at radius 2 is 1.76 bits per heavy atom. The van der Waals surface area contributed by atoms with Crippen LogP contribution < -0.4 is 5.73 Å². The fourth-order valence-electron chi connectivity index (χ4n) is 2.99. The van der Waals surface area contributed by atoms with Gasteiger partial charge in [0.15, 0.2) is 0 Å². The summed E-state index contributed by atoms with van der Waals surface area (Å²) in [6, 6.07) is 11.2. The lowest BCUT2D eigenvalue weighted by atomic mass is 9.59. The summed E-state index contributed by atoms with van der Waals surface area (Å²) in [5.41, 5.74) is 8.24. The van der Waals surface area contributed by atoms with Crippen LogP contribution in [0.25, 0.3) is 0 Å². The Morgan fingerprint density at radius 3 is 2.24 bits per heavy atom. The van der Waals surface area contributed by atoms with Crippen LogP contribution in [-0.4, -0.2) is 6.04 Å². The molecule has 94 valence electrons. The Balaban J connectivity index is 2.09. The molecule has 0 heterocycles. The van der Waals surface area contributed by atoms with Crippen molar-refractivity contribution in [1.29, 1.82) is 0 Å². The molecule has 0 aliphatic heterocycles. The molecule has 1 aliphatic carbocycles. The highest BCUT2D eigenvalue weighted by Gasteiger charge is 2.43. The molecular formula is C16H25N. The number of rotatable bonds is 5. The molecule has 1 aliphatic rings. The number of hydrogen-bond acceptors (Lipinski definition) is 1. The minimum absolute atomic E-state index is 0.288. The van der Waals surface area contributed by atoms with Crippen molar-refractivity contribution < 1.29 is 0 Å². The van der Waals surface area contributed by atoms with Crippen LogP contribution in [0.1, 0.15) is 51.5 Å². The third-order valence-electron chi connectivity index (χ3n) is 4.36. The van der Waals surface area contributed by atoms with Crippen molar-refractivity contribution in [2.75, 3.05) is 0 Å². The van der Waals surface area contributed by atoms with Crippen molar-refractivity contribution in [3.05, 3.63) is 35.9 Å². The van der Waals surface area contributed by atoms with E-state index in [0.29, 0.717) is 6.04 Å². The van der Waals surface area contributed by atoms with Crippen molar-refractivity contribution in [3.63, 3.8) is 0 Å². The predicted molar refractivity (Wildman–Crippen MR) is 74.0 cm³/mol. The van der Waals surface area contributed by atoms with Gasteiger partial charge >= 0.3 is 0 Å². The Labute approximate surface area is 105 Å². The van der Waals surface area contributed by atoms with Gasteiger partial charge in [0.2, 0.25) is 0 Å². The standard InChI is InChI=1S/C16H25N/c1-13(2)9-10-15(17)16(11-6-12-16)14-7-4-3-5-8-14/h3-5,7-8,13,15H,6,9-12,17H2,1-2H3. The van der Waals surface area contributed by atoms with Crippen molar-refractivity contribution >= 4 is 0 Å². The van der Waals surface area contributed by atoms with Crippen LogP contribution in [0.4, 0.5) is 0 Å². The van der Waals surface area contributed by atoms with Crippen LogP contribution >= 0.6 is 0 Å². The zero-order valence-electron chi connectivity index (χ0n) is 11.2. The van der Waals surface area contributed by atoms with Crippen LogP contribution in [0, 0.1) is 5.92 Å². The molecule has 1 fully saturated rings. The second-order valence-corrected chi connectivity index (χ2v) is 5.95. The molecule has 0 aromatic heterocycles. The van der Waals surface area contributed by atoms with Gasteiger partial charge in [-0.25, -0.2) is 0 Å². The van der Waals surface area contributed by atoms with E-state index in [0.717, 1.165) is 12.3 Å². The van der Waals surface area contributed by atoms with Crippen LogP contribution in [-0.2, 0) is 5.41 Å². The molecule has 0 spiro atoms. The highest BCUT2D eigenvalue weighted by Crippen LogP contribution is 2.46. The fourth-order valence-corrected chi connectivity index (χ4v) is 2.99. The van der Waals surface area contributed by atoms with Gasteiger partial charge in [-0.1, -0.05) is 50.6 Å². The first-order chi connectivity index (χ1) is 8.15. The van der Waals surface area contributed by atoms with Crippen molar-refractivity contribution in [2.45, 2.75) is 57.4 Å². The van der Waals surface area contributed by atoms with Gasteiger partial charge in [-0.15, -0.1) is 0 Å². The minimum Gasteiger partial charge on any atom is -0.327 e. The second-order valence-electron chi connectivity index (χ2n) is 5.95. The first-order valence-electron chi connectivity index (χ1n) is 6.96. The molecule has 1 heteroatoms. The predicted octanol–water partition coefficient (Wildman–Crippen LogP) is 3.87. The molecule has 17 heavy (non-hydrogen) atoms. The Morgan fingerprint density at radius 1 is 1.12 bits per heavy atom. The molecule has 0 saturated heterocycles. The summed E-state index contributed by atoms with van der Waals surface area (Å²) in [5.74, 6) is 0.758. The first kappa shape index (κ1) is 12.6. The zero-order chi connectivity index (χ0) is 12.3. The maximum atomic E-state index is 6.49. The van der Waals surface area contributed by atoms with Crippen LogP contribution in [0.2, 0.25) is 0 Å². The van der Waals surface area contributed by atoms with Crippen LogP contribution in [0.3, 0.4) is 0 Å². The Kier molecular flexibility index (Phi) is 3.88. The van der Waals surface area contributed by atoms with Gasteiger partial charge in [0.25, 0.3) is 0 Å². The SMILES string of the molecule is CC(C)CCC(N)C1(c2ccccc2)CCC1. The van der Waals surface area contributed by atoms with E-state index in [1.165, 1.54) is 31.2 Å². The molecule has 0 amide bonds. The lowest BCUT2D eigenvalue weighted by Crippen LogP contribution is -2.50. The molecule has 1 aromatic rings. The summed E-state index contributed by atoms with van der Waals surface area (Å²) < 4.78 is 0. The van der Waals surface area contributed by atoms with E-state index in [-0.39, 0.29) is 5.41 Å². The van der Waals surface area contributed by atoms with E-state index in [1.54, 1.807) is 0 Å². The minimum atomic E-state index is 0.288. The van der Waals surface area contributed by atoms with Crippen molar-refractivity contribution in [1.82, 2.24) is 0 Å². The average Bonchev–Trinajstić information content (AvgIpc) is 2.26. The number of benzene rings is 1. The third-order valence-corrected chi connectivity index (χ3v) is 4.36. The second kappa shape index (κ2) is 5.22. The van der Waals surface area contributed by atoms with Gasteiger partial charge in [0.05, 0.1) is 0 Å². The third kappa shape index (κ3) is 2.55. The average molecular weight is 231 g/mol. The van der Waals surface area contributed by atoms with Crippen molar-refractivity contribution in [3.8, 4) is 0 Å². The molecule has 0 bridgehead atoms. The highest BCUT2D eigenvalue weighted by atomic mass is 14.7. The zero-order valence-corrected chi connectivity index (χ0v) is 11.2. The molecule has 1 nitrogen and oxygen atoms in total. The van der Waals surface area contributed by atoms with E-state index in [1.807, 2.05) is 0 Å². The van der Waals surface area contributed by atoms with Gasteiger partial charge in [-0.05, 0) is 37.2 Å². The van der Waals surface area contributed by atoms with E-state index < -0.39 is 0 Å². The molecule has 1 aromatic carbocycles. The quantitative estimate of drug-likeness (QED) is 0.818. The number of hydrogen-bond donors (Lipinski definition) is 1. The van der Waals surface area contributed by atoms with Gasteiger partial charge < -0.3 is 5.73 Å². The molecule has 1 atom stereocenters. The van der Waals surface area contributed by atoms with E-state index in [9.17, 15) is 0 Å². The monoisotopic (exact) mass is 231 g/mol. The normalized spacial score (nSPS) is 20.0. The summed E-state index contributed by atoms with van der Waals surface area (Å²) in [5, 5.41) is 0. The van der Waals surface area contributed by atoms with Crippen LogP contribution in [0.15, 0.2) is 30.3 Å². The highest BCUT2D eigenvalue weighted by molar-refractivity contribution is 5.30. The lowest BCUT2D eigenvalue weighted by molar-refractivity contribution is 0.183. The van der Waals surface area contributed by atoms with E-state index in [2.05, 4.69) is 44.2 Å². The van der Waals surface area contributed by atoms with Crippen molar-refractivity contribution in [2.24, 2.45) is 11.7 Å². The summed E-state index contributed by atoms with van der Waals surface area (Å²) in [6.45, 7) is 4.56. The van der Waals surface area contributed by atoms with Gasteiger partial charge in [0, 0.05) is 11.5 Å². The van der Waals surface area contributed by atoms with Gasteiger partial charge in [-0.3, -0.25) is 0 Å². The summed E-state index contributed by atoms with van der Waals surface area (Å²) in [6.07, 6.45) is 6.29. The largest absolute Gasteiger partial charge is 0.327 e. The fraction of sp³-hybridized carbons (Fsp3) is 0.625. The maximum Gasteiger partial charge on any atom is 0.0136 e. The first-order valence-corrected chi connectivity index (χ1v) is 6.96. The number of nitrogens with two attached hydrogens (primary N) is 1. The molecule has 2 rings (SSSR count). The van der Waals surface area contributed by atoms with Crippen LogP contribution in [0.5, 0.6) is 0 Å². The Bertz CT molecular complexity index is 338. The molecule has 0 radical (unpaired) electrons. The maximum absolute atomic E-state index is 6.49. The summed E-state index contributed by atoms with van der Waals surface area (Å²) in [4.78, 5) is 0. The van der Waals surface area contributed by atoms with E-state index in [4.69, 9.17) is 5.73 Å². The smallest absolute Gasteiger partial charge is 0.0136 e. The van der Waals surface area contributed by atoms with Gasteiger partial charge in [-0.2, -0.15) is 0 Å². The molecular weight excluding hydrogens is 206 g/mol. The molecule has 1 unspecified atom stereocenters. The molecule has 1 saturated carbocycles. The topological polar surface area (TPSA) is 26.0 Å². The summed E-state index contributed by atoms with van der Waals surface area (Å²) in [7, 11) is 0. The summed E-state index contributed by atoms with van der Waals surface area (Å²) >= 11 is 0.